The van der Waals surface area contributed by atoms with Crippen molar-refractivity contribution < 1.29 is 4.79 Å². The quantitative estimate of drug-likeness (QED) is 0.800. The van der Waals surface area contributed by atoms with Gasteiger partial charge >= 0.3 is 6.03 Å². The molecule has 1 aliphatic heterocycles. The van der Waals surface area contributed by atoms with Crippen LogP contribution in [0.3, 0.4) is 0 Å². The van der Waals surface area contributed by atoms with E-state index in [1.807, 2.05) is 37.8 Å². The number of nitrogens with one attached hydrogen (secondary N) is 1. The molecule has 0 saturated carbocycles. The predicted octanol–water partition coefficient (Wildman–Crippen LogP) is 4.08. The standard InChI is InChI=1S/C21H26N6O/c1-13-9-18(7-8-19(13)22-6)26-11-16(4)27(12-15(26)3)21(28)25-20-10-14(2)23-17(5)24-20/h7-10,15-16H,11-12H2,1-5H3,(H,23,24,25,28)/t15-,16+/m0/s1. The molecule has 2 amide bonds. The Morgan fingerprint density at radius 2 is 1.89 bits per heavy atom. The summed E-state index contributed by atoms with van der Waals surface area (Å²) in [6, 6.07) is 7.75. The molecular formula is C21H26N6O. The molecule has 2 atom stereocenters. The molecule has 1 N–H and O–H groups in total. The lowest BCUT2D eigenvalue weighted by Crippen LogP contribution is -2.59. The van der Waals surface area contributed by atoms with Gasteiger partial charge in [-0.3, -0.25) is 5.32 Å². The number of carbonyl (C=O) groups excluding carboxylic acids is 1. The smallest absolute Gasteiger partial charge is 0.323 e. The highest BCUT2D eigenvalue weighted by atomic mass is 16.2. The van der Waals surface area contributed by atoms with Gasteiger partial charge in [-0.2, -0.15) is 0 Å². The number of benzene rings is 1. The van der Waals surface area contributed by atoms with Crippen molar-refractivity contribution in [2.24, 2.45) is 0 Å². The molecule has 1 aliphatic rings. The van der Waals surface area contributed by atoms with Crippen LogP contribution in [0.25, 0.3) is 4.85 Å². The van der Waals surface area contributed by atoms with Crippen LogP contribution in [0.1, 0.15) is 30.9 Å². The fourth-order valence-corrected chi connectivity index (χ4v) is 3.68. The van der Waals surface area contributed by atoms with Crippen LogP contribution in [0.2, 0.25) is 0 Å². The Labute approximate surface area is 166 Å². The van der Waals surface area contributed by atoms with Gasteiger partial charge in [0.05, 0.1) is 6.57 Å². The van der Waals surface area contributed by atoms with E-state index in [9.17, 15) is 4.79 Å². The van der Waals surface area contributed by atoms with E-state index in [0.717, 1.165) is 23.5 Å². The van der Waals surface area contributed by atoms with Gasteiger partial charge in [0.2, 0.25) is 0 Å². The normalized spacial score (nSPS) is 19.3. The maximum absolute atomic E-state index is 12.8. The van der Waals surface area contributed by atoms with Crippen LogP contribution in [0.5, 0.6) is 0 Å². The molecule has 0 spiro atoms. The van der Waals surface area contributed by atoms with Crippen molar-refractivity contribution in [1.29, 1.82) is 0 Å². The Hall–Kier alpha value is -3.14. The van der Waals surface area contributed by atoms with Gasteiger partial charge in [-0.1, -0.05) is 6.07 Å². The zero-order chi connectivity index (χ0) is 20.4. The highest BCUT2D eigenvalue weighted by Gasteiger charge is 2.32. The Morgan fingerprint density at radius 1 is 1.14 bits per heavy atom. The topological polar surface area (TPSA) is 65.7 Å². The first-order valence-corrected chi connectivity index (χ1v) is 9.43. The lowest BCUT2D eigenvalue weighted by molar-refractivity contribution is 0.173. The summed E-state index contributed by atoms with van der Waals surface area (Å²) in [5.74, 6) is 1.17. The van der Waals surface area contributed by atoms with E-state index >= 15 is 0 Å². The molecular weight excluding hydrogens is 352 g/mol. The first kappa shape index (κ1) is 19.6. The van der Waals surface area contributed by atoms with Crippen LogP contribution in [-0.4, -0.2) is 46.1 Å². The van der Waals surface area contributed by atoms with Crippen molar-refractivity contribution in [3.05, 3.63) is 52.8 Å². The van der Waals surface area contributed by atoms with Crippen LogP contribution in [-0.2, 0) is 0 Å². The van der Waals surface area contributed by atoms with Gasteiger partial charge in [0.15, 0.2) is 5.69 Å². The van der Waals surface area contributed by atoms with Crippen molar-refractivity contribution in [3.8, 4) is 0 Å². The summed E-state index contributed by atoms with van der Waals surface area (Å²) in [5, 5.41) is 2.91. The molecule has 1 fully saturated rings. The van der Waals surface area contributed by atoms with E-state index in [2.05, 4.69) is 44.9 Å². The summed E-state index contributed by atoms with van der Waals surface area (Å²) in [6.07, 6.45) is 0. The third-order valence-electron chi connectivity index (χ3n) is 5.08. The second-order valence-electron chi connectivity index (χ2n) is 7.46. The number of rotatable bonds is 2. The number of hydrogen-bond donors (Lipinski definition) is 1. The average molecular weight is 378 g/mol. The Kier molecular flexibility index (Phi) is 5.50. The summed E-state index contributed by atoms with van der Waals surface area (Å²) in [6.45, 7) is 18.4. The Morgan fingerprint density at radius 3 is 2.54 bits per heavy atom. The molecule has 3 rings (SSSR count). The minimum Gasteiger partial charge on any atom is -0.365 e. The Bertz CT molecular complexity index is 915. The highest BCUT2D eigenvalue weighted by molar-refractivity contribution is 5.88. The summed E-state index contributed by atoms with van der Waals surface area (Å²) in [7, 11) is 0. The van der Waals surface area contributed by atoms with Crippen molar-refractivity contribution in [1.82, 2.24) is 14.9 Å². The van der Waals surface area contributed by atoms with Gasteiger partial charge in [0.1, 0.15) is 11.6 Å². The van der Waals surface area contributed by atoms with E-state index < -0.39 is 0 Å². The summed E-state index contributed by atoms with van der Waals surface area (Å²) >= 11 is 0. The minimum atomic E-state index is -0.143. The van der Waals surface area contributed by atoms with E-state index in [0.29, 0.717) is 23.9 Å². The zero-order valence-electron chi connectivity index (χ0n) is 17.0. The van der Waals surface area contributed by atoms with Crippen LogP contribution in [0.15, 0.2) is 24.3 Å². The van der Waals surface area contributed by atoms with Crippen LogP contribution < -0.4 is 10.2 Å². The molecule has 1 aromatic heterocycles. The predicted molar refractivity (Wildman–Crippen MR) is 111 cm³/mol. The monoisotopic (exact) mass is 378 g/mol. The van der Waals surface area contributed by atoms with E-state index in [4.69, 9.17) is 6.57 Å². The lowest BCUT2D eigenvalue weighted by Gasteiger charge is -2.45. The fraction of sp³-hybridized carbons (Fsp3) is 0.429. The number of hydrogen-bond acceptors (Lipinski definition) is 4. The number of piperazine rings is 1. The van der Waals surface area contributed by atoms with E-state index in [1.165, 1.54) is 0 Å². The second kappa shape index (κ2) is 7.85. The molecule has 0 aliphatic carbocycles. The van der Waals surface area contributed by atoms with E-state index in [1.54, 1.807) is 6.07 Å². The summed E-state index contributed by atoms with van der Waals surface area (Å²) in [5.41, 5.74) is 3.57. The summed E-state index contributed by atoms with van der Waals surface area (Å²) < 4.78 is 0. The number of nitrogens with zero attached hydrogens (tertiary/aromatic N) is 5. The minimum absolute atomic E-state index is 0.0427. The zero-order valence-corrected chi connectivity index (χ0v) is 17.0. The lowest BCUT2D eigenvalue weighted by atomic mass is 10.1. The molecule has 7 heteroatoms. The number of anilines is 2. The molecule has 1 aromatic carbocycles. The molecule has 2 heterocycles. The van der Waals surface area contributed by atoms with Crippen molar-refractivity contribution in [2.45, 2.75) is 46.7 Å². The van der Waals surface area contributed by atoms with Gasteiger partial charge in [0.25, 0.3) is 0 Å². The molecule has 146 valence electrons. The summed E-state index contributed by atoms with van der Waals surface area (Å²) in [4.78, 5) is 29.1. The number of aryl methyl sites for hydroxylation is 3. The van der Waals surface area contributed by atoms with Crippen LogP contribution in [0.4, 0.5) is 22.0 Å². The largest absolute Gasteiger partial charge is 0.365 e. The third-order valence-corrected chi connectivity index (χ3v) is 5.08. The van der Waals surface area contributed by atoms with Gasteiger partial charge in [-0.15, -0.1) is 0 Å². The molecule has 1 saturated heterocycles. The SMILES string of the molecule is [C-]#[N+]c1ccc(N2C[C@@H](C)N(C(=O)Nc3cc(C)nc(C)n3)C[C@@H]2C)cc1C. The van der Waals surface area contributed by atoms with Gasteiger partial charge < -0.3 is 9.80 Å². The second-order valence-corrected chi connectivity index (χ2v) is 7.46. The number of amides is 2. The molecule has 2 aromatic rings. The molecule has 0 radical (unpaired) electrons. The van der Waals surface area contributed by atoms with Crippen molar-refractivity contribution >= 4 is 23.2 Å². The fourth-order valence-electron chi connectivity index (χ4n) is 3.68. The maximum Gasteiger partial charge on any atom is 0.323 e. The van der Waals surface area contributed by atoms with E-state index in [-0.39, 0.29) is 18.1 Å². The van der Waals surface area contributed by atoms with Gasteiger partial charge in [-0.25, -0.2) is 19.6 Å². The first-order chi connectivity index (χ1) is 13.3. The first-order valence-electron chi connectivity index (χ1n) is 9.43. The molecule has 0 unspecified atom stereocenters. The molecule has 0 bridgehead atoms. The third kappa shape index (κ3) is 4.06. The Balaban J connectivity index is 1.73. The van der Waals surface area contributed by atoms with Crippen LogP contribution in [0, 0.1) is 27.3 Å². The molecule has 28 heavy (non-hydrogen) atoms. The highest BCUT2D eigenvalue weighted by Crippen LogP contribution is 2.28. The number of carbonyl (C=O) groups is 1. The van der Waals surface area contributed by atoms with Crippen molar-refractivity contribution in [2.75, 3.05) is 23.3 Å². The molecule has 7 nitrogen and oxygen atoms in total. The average Bonchev–Trinajstić information content (AvgIpc) is 2.62. The number of urea groups is 1. The number of aromatic nitrogens is 2. The maximum atomic E-state index is 12.8. The van der Waals surface area contributed by atoms with Crippen LogP contribution >= 0.6 is 0 Å². The van der Waals surface area contributed by atoms with Gasteiger partial charge in [0, 0.05) is 42.6 Å². The van der Waals surface area contributed by atoms with Crippen molar-refractivity contribution in [3.63, 3.8) is 0 Å². The van der Waals surface area contributed by atoms with Gasteiger partial charge in [-0.05, 0) is 52.3 Å².